The number of aromatic carboxylic acids is 1. The van der Waals surface area contributed by atoms with Crippen LogP contribution < -0.4 is 4.74 Å². The first-order valence-electron chi connectivity index (χ1n) is 5.65. The number of aryl methyl sites for hydroxylation is 1. The van der Waals surface area contributed by atoms with Gasteiger partial charge in [-0.25, -0.2) is 9.78 Å². The highest BCUT2D eigenvalue weighted by Crippen LogP contribution is 2.20. The molecule has 0 radical (unpaired) electrons. The van der Waals surface area contributed by atoms with Crippen molar-refractivity contribution < 1.29 is 14.6 Å². The van der Waals surface area contributed by atoms with Crippen LogP contribution in [0.15, 0.2) is 36.4 Å². The number of carboxylic acids is 1. The number of hydrogen-bond donors (Lipinski definition) is 1. The van der Waals surface area contributed by atoms with Crippen LogP contribution in [-0.4, -0.2) is 16.1 Å². The topological polar surface area (TPSA) is 59.4 Å². The van der Waals surface area contributed by atoms with Gasteiger partial charge in [-0.2, -0.15) is 0 Å². The molecule has 0 unspecified atom stereocenters. The molecule has 2 aromatic rings. The van der Waals surface area contributed by atoms with Crippen LogP contribution in [0.25, 0.3) is 0 Å². The Labute approximate surface area is 115 Å². The minimum Gasteiger partial charge on any atom is -0.477 e. The van der Waals surface area contributed by atoms with Gasteiger partial charge in [0, 0.05) is 16.3 Å². The summed E-state index contributed by atoms with van der Waals surface area (Å²) in [7, 11) is 0. The molecule has 1 aromatic heterocycles. The Morgan fingerprint density at radius 3 is 2.74 bits per heavy atom. The summed E-state index contributed by atoms with van der Waals surface area (Å²) in [5.74, 6) is -0.964. The molecule has 4 nitrogen and oxygen atoms in total. The predicted octanol–water partition coefficient (Wildman–Crippen LogP) is 3.32. The highest BCUT2D eigenvalue weighted by Gasteiger charge is 2.13. The van der Waals surface area contributed by atoms with E-state index >= 15 is 0 Å². The lowest BCUT2D eigenvalue weighted by atomic mass is 10.2. The first-order valence-corrected chi connectivity index (χ1v) is 6.03. The molecule has 0 aliphatic rings. The lowest BCUT2D eigenvalue weighted by Crippen LogP contribution is -2.06. The quantitative estimate of drug-likeness (QED) is 0.931. The van der Waals surface area contributed by atoms with Crippen LogP contribution in [-0.2, 0) is 6.61 Å². The van der Waals surface area contributed by atoms with E-state index in [0.717, 1.165) is 5.56 Å². The van der Waals surface area contributed by atoms with Crippen LogP contribution in [0.2, 0.25) is 5.02 Å². The zero-order chi connectivity index (χ0) is 13.8. The first-order chi connectivity index (χ1) is 9.08. The molecule has 0 bridgehead atoms. The molecule has 1 aromatic carbocycles. The van der Waals surface area contributed by atoms with Crippen molar-refractivity contribution in [3.05, 3.63) is 58.2 Å². The molecule has 0 saturated heterocycles. The Kier molecular flexibility index (Phi) is 4.02. The molecular formula is C14H12ClNO3. The van der Waals surface area contributed by atoms with Gasteiger partial charge in [0.1, 0.15) is 12.2 Å². The molecule has 0 spiro atoms. The van der Waals surface area contributed by atoms with Gasteiger partial charge < -0.3 is 9.84 Å². The van der Waals surface area contributed by atoms with Gasteiger partial charge in [-0.1, -0.05) is 29.8 Å². The van der Waals surface area contributed by atoms with Crippen molar-refractivity contribution in [2.45, 2.75) is 13.5 Å². The number of nitrogens with zero attached hydrogens (tertiary/aromatic N) is 1. The molecule has 0 aliphatic carbocycles. The second kappa shape index (κ2) is 5.71. The van der Waals surface area contributed by atoms with Crippen LogP contribution in [0.5, 0.6) is 5.88 Å². The Hall–Kier alpha value is -2.07. The summed E-state index contributed by atoms with van der Waals surface area (Å²) >= 11 is 6.01. The molecule has 0 saturated carbocycles. The number of pyridine rings is 1. The summed E-state index contributed by atoms with van der Waals surface area (Å²) in [5.41, 5.74) is 1.51. The number of carbonyl (C=O) groups is 1. The molecule has 0 aliphatic heterocycles. The average Bonchev–Trinajstić information content (AvgIpc) is 2.37. The summed E-state index contributed by atoms with van der Waals surface area (Å²) in [6.07, 6.45) is 0. The third kappa shape index (κ3) is 3.23. The standard InChI is InChI=1S/C14H12ClNO3/c1-9-6-7-11(14(17)18)13(16-9)19-8-10-4-2-3-5-12(10)15/h2-7H,8H2,1H3,(H,17,18). The molecule has 19 heavy (non-hydrogen) atoms. The van der Waals surface area contributed by atoms with Crippen molar-refractivity contribution in [2.24, 2.45) is 0 Å². The van der Waals surface area contributed by atoms with Gasteiger partial charge in [-0.3, -0.25) is 0 Å². The summed E-state index contributed by atoms with van der Waals surface area (Å²) < 4.78 is 5.47. The number of halogens is 1. The monoisotopic (exact) mass is 277 g/mol. The Morgan fingerprint density at radius 1 is 1.32 bits per heavy atom. The lowest BCUT2D eigenvalue weighted by Gasteiger charge is -2.09. The van der Waals surface area contributed by atoms with Crippen LogP contribution >= 0.6 is 11.6 Å². The number of rotatable bonds is 4. The van der Waals surface area contributed by atoms with Gasteiger partial charge >= 0.3 is 5.97 Å². The van der Waals surface area contributed by atoms with Gasteiger partial charge in [0.15, 0.2) is 0 Å². The maximum atomic E-state index is 11.1. The van der Waals surface area contributed by atoms with E-state index in [1.54, 1.807) is 19.1 Å². The fourth-order valence-corrected chi connectivity index (χ4v) is 1.76. The van der Waals surface area contributed by atoms with Gasteiger partial charge in [-0.15, -0.1) is 0 Å². The zero-order valence-electron chi connectivity index (χ0n) is 10.3. The van der Waals surface area contributed by atoms with Gasteiger partial charge in [0.05, 0.1) is 0 Å². The highest BCUT2D eigenvalue weighted by molar-refractivity contribution is 6.31. The summed E-state index contributed by atoms with van der Waals surface area (Å²) in [6, 6.07) is 10.3. The average molecular weight is 278 g/mol. The molecule has 2 rings (SSSR count). The maximum Gasteiger partial charge on any atom is 0.341 e. The highest BCUT2D eigenvalue weighted by atomic mass is 35.5. The molecule has 5 heteroatoms. The molecule has 0 atom stereocenters. The van der Waals surface area contributed by atoms with Crippen LogP contribution in [0.3, 0.4) is 0 Å². The maximum absolute atomic E-state index is 11.1. The Bertz CT molecular complexity index is 613. The zero-order valence-corrected chi connectivity index (χ0v) is 11.0. The van der Waals surface area contributed by atoms with E-state index in [1.165, 1.54) is 6.07 Å². The van der Waals surface area contributed by atoms with Crippen LogP contribution in [0.4, 0.5) is 0 Å². The van der Waals surface area contributed by atoms with E-state index in [-0.39, 0.29) is 18.1 Å². The van der Waals surface area contributed by atoms with Gasteiger partial charge in [-0.05, 0) is 25.1 Å². The summed E-state index contributed by atoms with van der Waals surface area (Å²) in [6.45, 7) is 1.95. The molecular weight excluding hydrogens is 266 g/mol. The number of carboxylic acid groups (broad SMARTS) is 1. The normalized spacial score (nSPS) is 10.2. The summed E-state index contributed by atoms with van der Waals surface area (Å²) in [4.78, 5) is 15.2. The number of hydrogen-bond acceptors (Lipinski definition) is 3. The predicted molar refractivity (Wildman–Crippen MR) is 71.7 cm³/mol. The van der Waals surface area contributed by atoms with E-state index in [0.29, 0.717) is 10.7 Å². The number of aromatic nitrogens is 1. The lowest BCUT2D eigenvalue weighted by molar-refractivity contribution is 0.0690. The Morgan fingerprint density at radius 2 is 2.05 bits per heavy atom. The fraction of sp³-hybridized carbons (Fsp3) is 0.143. The minimum atomic E-state index is -1.07. The Balaban J connectivity index is 2.22. The van der Waals surface area contributed by atoms with Crippen molar-refractivity contribution >= 4 is 17.6 Å². The van der Waals surface area contributed by atoms with Crippen molar-refractivity contribution in [3.8, 4) is 5.88 Å². The number of ether oxygens (including phenoxy) is 1. The van der Waals surface area contributed by atoms with E-state index in [2.05, 4.69) is 4.98 Å². The first kappa shape index (κ1) is 13.4. The second-order valence-electron chi connectivity index (χ2n) is 3.99. The SMILES string of the molecule is Cc1ccc(C(=O)O)c(OCc2ccccc2Cl)n1. The van der Waals surface area contributed by atoms with Gasteiger partial charge in [0.2, 0.25) is 5.88 Å². The van der Waals surface area contributed by atoms with Gasteiger partial charge in [0.25, 0.3) is 0 Å². The van der Waals surface area contributed by atoms with Crippen molar-refractivity contribution in [1.82, 2.24) is 4.98 Å². The van der Waals surface area contributed by atoms with Crippen LogP contribution in [0, 0.1) is 6.92 Å². The van der Waals surface area contributed by atoms with E-state index in [9.17, 15) is 4.79 Å². The third-order valence-electron chi connectivity index (χ3n) is 2.55. The largest absolute Gasteiger partial charge is 0.477 e. The second-order valence-corrected chi connectivity index (χ2v) is 4.40. The number of benzene rings is 1. The smallest absolute Gasteiger partial charge is 0.341 e. The van der Waals surface area contributed by atoms with E-state index in [4.69, 9.17) is 21.4 Å². The fourth-order valence-electron chi connectivity index (χ4n) is 1.57. The van der Waals surface area contributed by atoms with E-state index < -0.39 is 5.97 Å². The van der Waals surface area contributed by atoms with Crippen molar-refractivity contribution in [3.63, 3.8) is 0 Å². The molecule has 0 fully saturated rings. The minimum absolute atomic E-state index is 0.0395. The molecule has 98 valence electrons. The van der Waals surface area contributed by atoms with Crippen LogP contribution in [0.1, 0.15) is 21.6 Å². The molecule has 0 amide bonds. The molecule has 1 heterocycles. The van der Waals surface area contributed by atoms with Crippen molar-refractivity contribution in [1.29, 1.82) is 0 Å². The molecule has 1 N–H and O–H groups in total. The van der Waals surface area contributed by atoms with E-state index in [1.807, 2.05) is 18.2 Å². The van der Waals surface area contributed by atoms with Crippen molar-refractivity contribution in [2.75, 3.05) is 0 Å². The third-order valence-corrected chi connectivity index (χ3v) is 2.92. The summed E-state index contributed by atoms with van der Waals surface area (Å²) in [5, 5.41) is 9.64.